The van der Waals surface area contributed by atoms with Crippen molar-refractivity contribution in [2.45, 2.75) is 44.6 Å². The molecule has 1 amide bonds. The van der Waals surface area contributed by atoms with Gasteiger partial charge < -0.3 is 15.8 Å². The van der Waals surface area contributed by atoms with E-state index < -0.39 is 0 Å². The van der Waals surface area contributed by atoms with E-state index in [-0.39, 0.29) is 23.3 Å². The van der Waals surface area contributed by atoms with Gasteiger partial charge in [0.15, 0.2) is 0 Å². The van der Waals surface area contributed by atoms with Crippen molar-refractivity contribution in [3.05, 3.63) is 29.8 Å². The van der Waals surface area contributed by atoms with Crippen molar-refractivity contribution in [1.29, 1.82) is 0 Å². The van der Waals surface area contributed by atoms with Gasteiger partial charge in [-0.05, 0) is 37.0 Å². The van der Waals surface area contributed by atoms with Crippen molar-refractivity contribution in [3.8, 4) is 5.75 Å². The number of nitrogens with two attached hydrogens (primary N) is 1. The zero-order valence-electron chi connectivity index (χ0n) is 13.2. The summed E-state index contributed by atoms with van der Waals surface area (Å²) in [6.45, 7) is 4.90. The first kappa shape index (κ1) is 15.8. The minimum Gasteiger partial charge on any atom is -0.497 e. The number of nitrogens with one attached hydrogen (secondary N) is 1. The van der Waals surface area contributed by atoms with Crippen molar-refractivity contribution in [1.82, 2.24) is 5.32 Å². The van der Waals surface area contributed by atoms with E-state index in [9.17, 15) is 4.79 Å². The summed E-state index contributed by atoms with van der Waals surface area (Å²) >= 11 is 0. The molecule has 4 heteroatoms. The van der Waals surface area contributed by atoms with Crippen LogP contribution in [0.5, 0.6) is 5.75 Å². The van der Waals surface area contributed by atoms with Gasteiger partial charge in [0.2, 0.25) is 5.91 Å². The highest BCUT2D eigenvalue weighted by Gasteiger charge is 2.29. The monoisotopic (exact) mass is 290 g/mol. The van der Waals surface area contributed by atoms with E-state index in [1.165, 1.54) is 5.56 Å². The van der Waals surface area contributed by atoms with Crippen LogP contribution < -0.4 is 15.8 Å². The molecule has 0 spiro atoms. The van der Waals surface area contributed by atoms with Crippen molar-refractivity contribution in [2.75, 3.05) is 13.7 Å². The van der Waals surface area contributed by atoms with Crippen molar-refractivity contribution in [3.63, 3.8) is 0 Å². The van der Waals surface area contributed by atoms with Crippen LogP contribution in [0.4, 0.5) is 0 Å². The molecule has 2 atom stereocenters. The number of amides is 1. The Balaban J connectivity index is 1.92. The summed E-state index contributed by atoms with van der Waals surface area (Å²) in [5, 5.41) is 3.09. The van der Waals surface area contributed by atoms with Crippen LogP contribution in [0.1, 0.15) is 38.7 Å². The highest BCUT2D eigenvalue weighted by Crippen LogP contribution is 2.26. The molecule has 0 aliphatic heterocycles. The average molecular weight is 290 g/mol. The van der Waals surface area contributed by atoms with Gasteiger partial charge >= 0.3 is 0 Å². The van der Waals surface area contributed by atoms with E-state index in [4.69, 9.17) is 10.5 Å². The third kappa shape index (κ3) is 3.97. The number of hydrogen-bond acceptors (Lipinski definition) is 3. The van der Waals surface area contributed by atoms with Gasteiger partial charge in [-0.3, -0.25) is 4.79 Å². The fourth-order valence-electron chi connectivity index (χ4n) is 2.85. The second-order valence-electron chi connectivity index (χ2n) is 6.60. The zero-order chi connectivity index (χ0) is 15.5. The fraction of sp³-hybridized carbons (Fsp3) is 0.588. The fourth-order valence-corrected chi connectivity index (χ4v) is 2.85. The number of carbonyl (C=O) groups excluding carboxylic acids is 1. The lowest BCUT2D eigenvalue weighted by Crippen LogP contribution is -2.39. The lowest BCUT2D eigenvalue weighted by molar-refractivity contribution is -0.125. The normalized spacial score (nSPS) is 22.1. The minimum absolute atomic E-state index is 0.0895. The Labute approximate surface area is 127 Å². The molecule has 1 fully saturated rings. The molecular weight excluding hydrogens is 264 g/mol. The zero-order valence-corrected chi connectivity index (χ0v) is 13.2. The maximum atomic E-state index is 12.2. The Morgan fingerprint density at radius 1 is 1.33 bits per heavy atom. The van der Waals surface area contributed by atoms with E-state index >= 15 is 0 Å². The molecule has 0 bridgehead atoms. The van der Waals surface area contributed by atoms with E-state index in [1.54, 1.807) is 7.11 Å². The maximum Gasteiger partial charge on any atom is 0.223 e. The largest absolute Gasteiger partial charge is 0.497 e. The molecule has 0 heterocycles. The van der Waals surface area contributed by atoms with Gasteiger partial charge in [-0.2, -0.15) is 0 Å². The summed E-state index contributed by atoms with van der Waals surface area (Å²) in [5.41, 5.74) is 6.95. The lowest BCUT2D eigenvalue weighted by atomic mass is 9.84. The Morgan fingerprint density at radius 3 is 2.52 bits per heavy atom. The molecule has 2 rings (SSSR count). The van der Waals surface area contributed by atoms with Crippen LogP contribution in [-0.2, 0) is 10.2 Å². The van der Waals surface area contributed by atoms with Gasteiger partial charge in [0, 0.05) is 23.9 Å². The second kappa shape index (κ2) is 6.48. The van der Waals surface area contributed by atoms with E-state index in [1.807, 2.05) is 12.1 Å². The highest BCUT2D eigenvalue weighted by molar-refractivity contribution is 5.79. The number of methoxy groups -OCH3 is 1. The van der Waals surface area contributed by atoms with E-state index in [0.717, 1.165) is 25.0 Å². The maximum absolute atomic E-state index is 12.2. The van der Waals surface area contributed by atoms with Crippen LogP contribution in [0, 0.1) is 5.92 Å². The Bertz CT molecular complexity index is 482. The Hall–Kier alpha value is -1.55. The third-order valence-corrected chi connectivity index (χ3v) is 4.42. The van der Waals surface area contributed by atoms with Gasteiger partial charge in [0.05, 0.1) is 7.11 Å². The van der Waals surface area contributed by atoms with Crippen molar-refractivity contribution < 1.29 is 9.53 Å². The van der Waals surface area contributed by atoms with Crippen molar-refractivity contribution in [2.24, 2.45) is 11.7 Å². The predicted molar refractivity (Wildman–Crippen MR) is 84.3 cm³/mol. The van der Waals surface area contributed by atoms with Gasteiger partial charge in [0.1, 0.15) is 5.75 Å². The summed E-state index contributed by atoms with van der Waals surface area (Å²) in [6.07, 6.45) is 2.69. The van der Waals surface area contributed by atoms with Gasteiger partial charge in [-0.15, -0.1) is 0 Å². The average Bonchev–Trinajstić information content (AvgIpc) is 2.91. The summed E-state index contributed by atoms with van der Waals surface area (Å²) in [4.78, 5) is 12.2. The van der Waals surface area contributed by atoms with E-state index in [0.29, 0.717) is 6.54 Å². The molecule has 1 aromatic carbocycles. The van der Waals surface area contributed by atoms with Crippen LogP contribution in [0.25, 0.3) is 0 Å². The Kier molecular flexibility index (Phi) is 4.88. The first-order chi connectivity index (χ1) is 9.92. The van der Waals surface area contributed by atoms with Crippen LogP contribution in [-0.4, -0.2) is 25.6 Å². The molecule has 21 heavy (non-hydrogen) atoms. The number of rotatable bonds is 5. The molecule has 116 valence electrons. The molecule has 0 radical (unpaired) electrons. The molecule has 4 nitrogen and oxygen atoms in total. The third-order valence-electron chi connectivity index (χ3n) is 4.42. The molecule has 2 unspecified atom stereocenters. The van der Waals surface area contributed by atoms with Crippen LogP contribution >= 0.6 is 0 Å². The van der Waals surface area contributed by atoms with Gasteiger partial charge in [0.25, 0.3) is 0 Å². The Morgan fingerprint density at radius 2 is 2.00 bits per heavy atom. The quantitative estimate of drug-likeness (QED) is 0.874. The van der Waals surface area contributed by atoms with Crippen LogP contribution in [0.2, 0.25) is 0 Å². The molecule has 1 saturated carbocycles. The second-order valence-corrected chi connectivity index (χ2v) is 6.60. The van der Waals surface area contributed by atoms with Crippen LogP contribution in [0.15, 0.2) is 24.3 Å². The number of benzene rings is 1. The first-order valence-electron chi connectivity index (χ1n) is 7.60. The summed E-state index contributed by atoms with van der Waals surface area (Å²) in [6, 6.07) is 8.20. The van der Waals surface area contributed by atoms with Crippen molar-refractivity contribution >= 4 is 5.91 Å². The topological polar surface area (TPSA) is 64.3 Å². The standard InChI is InChI=1S/C17H26N2O2/c1-17(2,13-5-8-15(21-3)9-6-13)11-19-16(20)12-4-7-14(18)10-12/h5-6,8-9,12,14H,4,7,10-11,18H2,1-3H3,(H,19,20). The van der Waals surface area contributed by atoms with Gasteiger partial charge in [-0.1, -0.05) is 26.0 Å². The molecule has 3 N–H and O–H groups in total. The molecule has 1 aliphatic rings. The summed E-state index contributed by atoms with van der Waals surface area (Å²) < 4.78 is 5.18. The highest BCUT2D eigenvalue weighted by atomic mass is 16.5. The number of ether oxygens (including phenoxy) is 1. The summed E-state index contributed by atoms with van der Waals surface area (Å²) in [7, 11) is 1.66. The van der Waals surface area contributed by atoms with Crippen LogP contribution in [0.3, 0.4) is 0 Å². The summed E-state index contributed by atoms with van der Waals surface area (Å²) in [5.74, 6) is 1.08. The first-order valence-corrected chi connectivity index (χ1v) is 7.60. The molecular formula is C17H26N2O2. The smallest absolute Gasteiger partial charge is 0.223 e. The van der Waals surface area contributed by atoms with Gasteiger partial charge in [-0.25, -0.2) is 0 Å². The minimum atomic E-state index is -0.108. The lowest BCUT2D eigenvalue weighted by Gasteiger charge is -2.26. The molecule has 0 aromatic heterocycles. The molecule has 1 aliphatic carbocycles. The molecule has 0 saturated heterocycles. The van der Waals surface area contributed by atoms with E-state index in [2.05, 4.69) is 31.3 Å². The molecule has 1 aromatic rings. The number of hydrogen-bond donors (Lipinski definition) is 2. The SMILES string of the molecule is COc1ccc(C(C)(C)CNC(=O)C2CCC(N)C2)cc1. The number of carbonyl (C=O) groups is 1. The predicted octanol–water partition coefficient (Wildman–Crippen LogP) is 2.22.